The summed E-state index contributed by atoms with van der Waals surface area (Å²) in [6, 6.07) is 2.55. The first kappa shape index (κ1) is 24.5. The molecule has 0 fully saturated rings. The van der Waals surface area contributed by atoms with Crippen molar-refractivity contribution in [3.63, 3.8) is 0 Å². The van der Waals surface area contributed by atoms with E-state index in [4.69, 9.17) is 27.9 Å². The van der Waals surface area contributed by atoms with Crippen molar-refractivity contribution in [3.8, 4) is 11.4 Å². The SMILES string of the molecule is CC1=CC(OCc2ncc(F)cc2F)=C(Cl)CN1c1cc(-c2csc(C(C)(C)O)n2)ncc1Cl. The molecule has 0 aromatic carbocycles. The molecule has 0 unspecified atom stereocenters. The van der Waals surface area contributed by atoms with Crippen molar-refractivity contribution in [2.45, 2.75) is 33.0 Å². The summed E-state index contributed by atoms with van der Waals surface area (Å²) in [5, 5.41) is 13.4. The summed E-state index contributed by atoms with van der Waals surface area (Å²) in [5.41, 5.74) is 1.59. The molecule has 0 aliphatic carbocycles. The van der Waals surface area contributed by atoms with Crippen molar-refractivity contribution < 1.29 is 18.6 Å². The van der Waals surface area contributed by atoms with Crippen LogP contribution >= 0.6 is 34.5 Å². The number of hydrogen-bond donors (Lipinski definition) is 1. The molecule has 0 spiro atoms. The molecular formula is C23H20Cl2F2N4O2S. The maximum Gasteiger partial charge on any atom is 0.151 e. The second-order valence-electron chi connectivity index (χ2n) is 8.13. The van der Waals surface area contributed by atoms with Crippen LogP contribution in [-0.2, 0) is 16.9 Å². The highest BCUT2D eigenvalue weighted by Gasteiger charge is 2.24. The molecular weight excluding hydrogens is 505 g/mol. The van der Waals surface area contributed by atoms with E-state index < -0.39 is 17.2 Å². The molecule has 3 aromatic heterocycles. The quantitative estimate of drug-likeness (QED) is 0.416. The van der Waals surface area contributed by atoms with E-state index in [0.717, 1.165) is 18.0 Å². The minimum atomic E-state index is -1.05. The van der Waals surface area contributed by atoms with E-state index in [1.54, 1.807) is 26.0 Å². The van der Waals surface area contributed by atoms with Crippen LogP contribution in [0.3, 0.4) is 0 Å². The van der Waals surface area contributed by atoms with Crippen LogP contribution in [0.1, 0.15) is 31.5 Å². The summed E-state index contributed by atoms with van der Waals surface area (Å²) in [5.74, 6) is -1.19. The van der Waals surface area contributed by atoms with E-state index >= 15 is 0 Å². The van der Waals surface area contributed by atoms with Crippen LogP contribution in [-0.4, -0.2) is 26.6 Å². The third-order valence-corrected chi connectivity index (χ3v) is 6.75. The summed E-state index contributed by atoms with van der Waals surface area (Å²) >= 11 is 14.3. The molecule has 1 N–H and O–H groups in total. The number of pyridine rings is 2. The molecule has 11 heteroatoms. The average Bonchev–Trinajstić information content (AvgIpc) is 3.26. The van der Waals surface area contributed by atoms with Crippen LogP contribution in [0.15, 0.2) is 52.5 Å². The first-order valence-corrected chi connectivity index (χ1v) is 11.8. The highest BCUT2D eigenvalue weighted by atomic mass is 35.5. The van der Waals surface area contributed by atoms with Gasteiger partial charge in [-0.05, 0) is 26.8 Å². The number of aromatic nitrogens is 3. The summed E-state index contributed by atoms with van der Waals surface area (Å²) < 4.78 is 32.6. The molecule has 1 aliphatic heterocycles. The van der Waals surface area contributed by atoms with Gasteiger partial charge in [0.1, 0.15) is 40.2 Å². The zero-order valence-electron chi connectivity index (χ0n) is 18.4. The molecule has 1 aliphatic rings. The van der Waals surface area contributed by atoms with Gasteiger partial charge < -0.3 is 14.7 Å². The smallest absolute Gasteiger partial charge is 0.151 e. The van der Waals surface area contributed by atoms with Crippen molar-refractivity contribution in [2.75, 3.05) is 11.4 Å². The maximum atomic E-state index is 13.9. The molecule has 0 amide bonds. The van der Waals surface area contributed by atoms with Crippen LogP contribution < -0.4 is 4.90 Å². The first-order valence-electron chi connectivity index (χ1n) is 10.1. The molecule has 6 nitrogen and oxygen atoms in total. The fourth-order valence-corrected chi connectivity index (χ4v) is 4.50. The summed E-state index contributed by atoms with van der Waals surface area (Å²) in [6.45, 7) is 5.26. The zero-order valence-corrected chi connectivity index (χ0v) is 20.8. The minimum absolute atomic E-state index is 0.0256. The van der Waals surface area contributed by atoms with Crippen molar-refractivity contribution in [1.29, 1.82) is 0 Å². The highest BCUT2D eigenvalue weighted by molar-refractivity contribution is 7.10. The van der Waals surface area contributed by atoms with E-state index in [0.29, 0.717) is 37.9 Å². The van der Waals surface area contributed by atoms with Crippen LogP contribution in [0.2, 0.25) is 5.02 Å². The Hall–Kier alpha value is -2.59. The van der Waals surface area contributed by atoms with Crippen LogP contribution in [0.4, 0.5) is 14.5 Å². The number of anilines is 1. The van der Waals surface area contributed by atoms with Gasteiger partial charge in [-0.15, -0.1) is 11.3 Å². The Morgan fingerprint density at radius 1 is 1.18 bits per heavy atom. The Balaban J connectivity index is 1.55. The van der Waals surface area contributed by atoms with Crippen molar-refractivity contribution in [3.05, 3.63) is 79.8 Å². The van der Waals surface area contributed by atoms with Gasteiger partial charge in [0.2, 0.25) is 0 Å². The van der Waals surface area contributed by atoms with Crippen molar-refractivity contribution in [2.24, 2.45) is 0 Å². The average molecular weight is 525 g/mol. The third kappa shape index (κ3) is 5.22. The van der Waals surface area contributed by atoms with Gasteiger partial charge in [-0.25, -0.2) is 13.8 Å². The van der Waals surface area contributed by atoms with Crippen LogP contribution in [0.25, 0.3) is 11.4 Å². The first-order chi connectivity index (χ1) is 16.0. The fraction of sp³-hybridized carbons (Fsp3) is 0.261. The zero-order chi connectivity index (χ0) is 24.6. The lowest BCUT2D eigenvalue weighted by atomic mass is 10.1. The molecule has 3 aromatic rings. The number of allylic oxidation sites excluding steroid dienone is 2. The number of ether oxygens (including phenoxy) is 1. The summed E-state index contributed by atoms with van der Waals surface area (Å²) in [4.78, 5) is 14.5. The number of nitrogens with zero attached hydrogens (tertiary/aromatic N) is 4. The Morgan fingerprint density at radius 3 is 2.62 bits per heavy atom. The lowest BCUT2D eigenvalue weighted by molar-refractivity contribution is 0.0783. The molecule has 0 atom stereocenters. The van der Waals surface area contributed by atoms with Gasteiger partial charge in [0.05, 0.1) is 34.2 Å². The maximum absolute atomic E-state index is 13.9. The normalized spacial score (nSPS) is 14.5. The summed E-state index contributed by atoms with van der Waals surface area (Å²) in [7, 11) is 0. The fourth-order valence-electron chi connectivity index (χ4n) is 3.23. The second-order valence-corrected chi connectivity index (χ2v) is 9.85. The predicted octanol–water partition coefficient (Wildman–Crippen LogP) is 6.15. The van der Waals surface area contributed by atoms with Gasteiger partial charge in [-0.3, -0.25) is 9.97 Å². The monoisotopic (exact) mass is 524 g/mol. The number of rotatable bonds is 6. The van der Waals surface area contributed by atoms with E-state index in [9.17, 15) is 13.9 Å². The Labute approximate surface area is 209 Å². The van der Waals surface area contributed by atoms with Gasteiger partial charge in [0.15, 0.2) is 5.82 Å². The number of halogens is 4. The van der Waals surface area contributed by atoms with Gasteiger partial charge >= 0.3 is 0 Å². The van der Waals surface area contributed by atoms with Crippen LogP contribution in [0, 0.1) is 11.6 Å². The molecule has 4 rings (SSSR count). The second kappa shape index (κ2) is 9.58. The van der Waals surface area contributed by atoms with E-state index in [1.807, 2.05) is 17.2 Å². The van der Waals surface area contributed by atoms with Crippen molar-refractivity contribution in [1.82, 2.24) is 15.0 Å². The van der Waals surface area contributed by atoms with Crippen LogP contribution in [0.5, 0.6) is 0 Å². The van der Waals surface area contributed by atoms with E-state index in [1.165, 1.54) is 17.5 Å². The third-order valence-electron chi connectivity index (χ3n) is 4.99. The van der Waals surface area contributed by atoms with Gasteiger partial charge in [-0.1, -0.05) is 23.2 Å². The minimum Gasteiger partial charge on any atom is -0.486 e. The van der Waals surface area contributed by atoms with Crippen molar-refractivity contribution >= 4 is 40.2 Å². The standard InChI is InChI=1S/C23H20Cl2F2N4O2S/c1-12-4-21(33-10-18-16(27)5-13(26)7-28-18)15(25)9-31(12)20-6-17(29-8-14(20)24)19-11-34-22(30-19)23(2,3)32/h4-8,11,32H,9-10H2,1-3H3. The largest absolute Gasteiger partial charge is 0.486 e. The van der Waals surface area contributed by atoms with E-state index in [2.05, 4.69) is 15.0 Å². The Morgan fingerprint density at radius 2 is 1.94 bits per heavy atom. The topological polar surface area (TPSA) is 71.4 Å². The molecule has 4 heterocycles. The Kier molecular flexibility index (Phi) is 6.91. The lowest BCUT2D eigenvalue weighted by Gasteiger charge is -2.30. The molecule has 0 radical (unpaired) electrons. The molecule has 34 heavy (non-hydrogen) atoms. The molecule has 0 saturated carbocycles. The molecule has 178 valence electrons. The highest BCUT2D eigenvalue weighted by Crippen LogP contribution is 2.36. The molecule has 0 bridgehead atoms. The van der Waals surface area contributed by atoms with Gasteiger partial charge in [-0.2, -0.15) is 0 Å². The summed E-state index contributed by atoms with van der Waals surface area (Å²) in [6.07, 6.45) is 4.17. The van der Waals surface area contributed by atoms with E-state index in [-0.39, 0.29) is 18.8 Å². The predicted molar refractivity (Wildman–Crippen MR) is 129 cm³/mol. The Bertz CT molecular complexity index is 1300. The van der Waals surface area contributed by atoms with Gasteiger partial charge in [0.25, 0.3) is 0 Å². The van der Waals surface area contributed by atoms with Gasteiger partial charge in [0, 0.05) is 29.4 Å². The number of aliphatic hydroxyl groups is 1. The lowest BCUT2D eigenvalue weighted by Crippen LogP contribution is -2.27. The number of thiazole rings is 1. The number of hydrogen-bond acceptors (Lipinski definition) is 7. The molecule has 0 saturated heterocycles.